The molecule has 0 aromatic rings. The number of likely N-dealkylation sites (N-methyl/N-ethyl adjacent to an activating group) is 1. The smallest absolute Gasteiger partial charge is 0.0477 e. The summed E-state index contributed by atoms with van der Waals surface area (Å²) in [7, 11) is 2.21. The van der Waals surface area contributed by atoms with Gasteiger partial charge in [0, 0.05) is 51.5 Å². The van der Waals surface area contributed by atoms with Crippen LogP contribution >= 0.6 is 0 Å². The molecular formula is C14H31N3O. The van der Waals surface area contributed by atoms with Crippen LogP contribution in [0.1, 0.15) is 27.2 Å². The molecule has 0 aliphatic carbocycles. The Labute approximate surface area is 113 Å². The highest BCUT2D eigenvalue weighted by molar-refractivity contribution is 4.82. The van der Waals surface area contributed by atoms with Crippen molar-refractivity contribution in [1.29, 1.82) is 0 Å². The van der Waals surface area contributed by atoms with Crippen LogP contribution in [0.4, 0.5) is 0 Å². The van der Waals surface area contributed by atoms with E-state index in [1.807, 2.05) is 6.92 Å². The number of piperazine rings is 1. The molecule has 0 bridgehead atoms. The van der Waals surface area contributed by atoms with Crippen molar-refractivity contribution in [2.75, 3.05) is 53.0 Å². The molecule has 0 aromatic carbocycles. The van der Waals surface area contributed by atoms with E-state index in [9.17, 15) is 0 Å². The molecule has 1 aliphatic rings. The Morgan fingerprint density at radius 1 is 1.39 bits per heavy atom. The molecule has 18 heavy (non-hydrogen) atoms. The van der Waals surface area contributed by atoms with Gasteiger partial charge in [0.2, 0.25) is 0 Å². The molecule has 0 saturated carbocycles. The van der Waals surface area contributed by atoms with Crippen molar-refractivity contribution in [2.24, 2.45) is 0 Å². The van der Waals surface area contributed by atoms with Gasteiger partial charge in [0.05, 0.1) is 0 Å². The van der Waals surface area contributed by atoms with Gasteiger partial charge in [-0.1, -0.05) is 0 Å². The summed E-state index contributed by atoms with van der Waals surface area (Å²) in [5.41, 5.74) is 0. The van der Waals surface area contributed by atoms with E-state index in [4.69, 9.17) is 4.74 Å². The highest BCUT2D eigenvalue weighted by Crippen LogP contribution is 2.11. The van der Waals surface area contributed by atoms with Gasteiger partial charge in [0.15, 0.2) is 0 Å². The van der Waals surface area contributed by atoms with Crippen LogP contribution in [-0.4, -0.2) is 74.9 Å². The number of hydrogen-bond donors (Lipinski definition) is 1. The minimum atomic E-state index is 0.626. The van der Waals surface area contributed by atoms with Crippen LogP contribution in [0.25, 0.3) is 0 Å². The van der Waals surface area contributed by atoms with Crippen LogP contribution in [0.2, 0.25) is 0 Å². The molecule has 1 saturated heterocycles. The summed E-state index contributed by atoms with van der Waals surface area (Å²) in [5, 5.41) is 3.54. The minimum Gasteiger partial charge on any atom is -0.382 e. The standard InChI is InChI=1S/C14H31N3O/c1-5-18-10-6-7-15-11-13(2)17-9-8-16(4)12-14(17)3/h13-15H,5-12H2,1-4H3. The van der Waals surface area contributed by atoms with E-state index in [0.29, 0.717) is 12.1 Å². The Morgan fingerprint density at radius 3 is 2.83 bits per heavy atom. The highest BCUT2D eigenvalue weighted by Gasteiger charge is 2.24. The molecule has 1 rings (SSSR count). The van der Waals surface area contributed by atoms with E-state index >= 15 is 0 Å². The van der Waals surface area contributed by atoms with E-state index in [2.05, 4.69) is 36.0 Å². The molecule has 4 heteroatoms. The maximum atomic E-state index is 5.33. The van der Waals surface area contributed by atoms with Crippen LogP contribution in [0.3, 0.4) is 0 Å². The van der Waals surface area contributed by atoms with Gasteiger partial charge >= 0.3 is 0 Å². The summed E-state index contributed by atoms with van der Waals surface area (Å²) in [6, 6.07) is 1.30. The van der Waals surface area contributed by atoms with Crippen molar-refractivity contribution in [3.8, 4) is 0 Å². The third-order valence-electron chi connectivity index (χ3n) is 3.73. The van der Waals surface area contributed by atoms with Crippen LogP contribution in [0.15, 0.2) is 0 Å². The zero-order valence-electron chi connectivity index (χ0n) is 12.6. The predicted octanol–water partition coefficient (Wildman–Crippen LogP) is 1.03. The van der Waals surface area contributed by atoms with E-state index in [1.165, 1.54) is 19.6 Å². The lowest BCUT2D eigenvalue weighted by Gasteiger charge is -2.41. The minimum absolute atomic E-state index is 0.626. The largest absolute Gasteiger partial charge is 0.382 e. The summed E-state index contributed by atoms with van der Waals surface area (Å²) >= 11 is 0. The van der Waals surface area contributed by atoms with Crippen molar-refractivity contribution in [1.82, 2.24) is 15.1 Å². The van der Waals surface area contributed by atoms with E-state index < -0.39 is 0 Å². The zero-order chi connectivity index (χ0) is 13.4. The lowest BCUT2D eigenvalue weighted by Crippen LogP contribution is -2.55. The predicted molar refractivity (Wildman–Crippen MR) is 77.1 cm³/mol. The lowest BCUT2D eigenvalue weighted by atomic mass is 10.1. The summed E-state index contributed by atoms with van der Waals surface area (Å²) in [6.07, 6.45) is 1.11. The van der Waals surface area contributed by atoms with Crippen LogP contribution < -0.4 is 5.32 Å². The Morgan fingerprint density at radius 2 is 2.17 bits per heavy atom. The van der Waals surface area contributed by atoms with Crippen molar-refractivity contribution >= 4 is 0 Å². The molecule has 108 valence electrons. The molecular weight excluding hydrogens is 226 g/mol. The molecule has 1 aliphatic heterocycles. The average molecular weight is 257 g/mol. The Kier molecular flexibility index (Phi) is 7.82. The monoisotopic (exact) mass is 257 g/mol. The van der Waals surface area contributed by atoms with Gasteiger partial charge in [-0.3, -0.25) is 4.90 Å². The molecule has 1 fully saturated rings. The topological polar surface area (TPSA) is 27.7 Å². The molecule has 0 amide bonds. The fourth-order valence-electron chi connectivity index (χ4n) is 2.68. The quantitative estimate of drug-likeness (QED) is 0.657. The van der Waals surface area contributed by atoms with Crippen molar-refractivity contribution in [3.63, 3.8) is 0 Å². The number of nitrogens with one attached hydrogen (secondary N) is 1. The second-order valence-corrected chi connectivity index (χ2v) is 5.45. The normalized spacial score (nSPS) is 24.3. The number of ether oxygens (including phenoxy) is 1. The molecule has 2 atom stereocenters. The van der Waals surface area contributed by atoms with Crippen molar-refractivity contribution in [2.45, 2.75) is 39.3 Å². The fourth-order valence-corrected chi connectivity index (χ4v) is 2.68. The van der Waals surface area contributed by atoms with E-state index in [0.717, 1.165) is 32.7 Å². The third kappa shape index (κ3) is 5.65. The molecule has 2 unspecified atom stereocenters. The Bertz CT molecular complexity index is 213. The first-order valence-corrected chi connectivity index (χ1v) is 7.38. The second-order valence-electron chi connectivity index (χ2n) is 5.45. The van der Waals surface area contributed by atoms with Gasteiger partial charge in [-0.25, -0.2) is 0 Å². The van der Waals surface area contributed by atoms with E-state index in [-0.39, 0.29) is 0 Å². The third-order valence-corrected chi connectivity index (χ3v) is 3.73. The number of nitrogens with zero attached hydrogens (tertiary/aromatic N) is 2. The van der Waals surface area contributed by atoms with Crippen LogP contribution in [-0.2, 0) is 4.74 Å². The summed E-state index contributed by atoms with van der Waals surface area (Å²) < 4.78 is 5.33. The first-order valence-electron chi connectivity index (χ1n) is 7.38. The van der Waals surface area contributed by atoms with Crippen LogP contribution in [0, 0.1) is 0 Å². The summed E-state index contributed by atoms with van der Waals surface area (Å²) in [6.45, 7) is 14.1. The second kappa shape index (κ2) is 8.86. The van der Waals surface area contributed by atoms with Gasteiger partial charge in [0.25, 0.3) is 0 Å². The van der Waals surface area contributed by atoms with Gasteiger partial charge in [-0.15, -0.1) is 0 Å². The summed E-state index contributed by atoms with van der Waals surface area (Å²) in [5.74, 6) is 0. The number of rotatable bonds is 8. The van der Waals surface area contributed by atoms with Crippen molar-refractivity contribution < 1.29 is 4.74 Å². The van der Waals surface area contributed by atoms with Gasteiger partial charge in [-0.2, -0.15) is 0 Å². The lowest BCUT2D eigenvalue weighted by molar-refractivity contribution is 0.0670. The summed E-state index contributed by atoms with van der Waals surface area (Å²) in [4.78, 5) is 5.04. The first-order chi connectivity index (χ1) is 8.65. The molecule has 1 N–H and O–H groups in total. The van der Waals surface area contributed by atoms with Crippen LogP contribution in [0.5, 0.6) is 0 Å². The first kappa shape index (κ1) is 15.9. The average Bonchev–Trinajstić information content (AvgIpc) is 2.33. The highest BCUT2D eigenvalue weighted by atomic mass is 16.5. The number of hydrogen-bond acceptors (Lipinski definition) is 4. The zero-order valence-corrected chi connectivity index (χ0v) is 12.6. The van der Waals surface area contributed by atoms with E-state index in [1.54, 1.807) is 0 Å². The molecule has 1 heterocycles. The van der Waals surface area contributed by atoms with Crippen molar-refractivity contribution in [3.05, 3.63) is 0 Å². The maximum absolute atomic E-state index is 5.33. The SMILES string of the molecule is CCOCCCNCC(C)N1CCN(C)CC1C. The molecule has 4 nitrogen and oxygen atoms in total. The van der Waals surface area contributed by atoms with Gasteiger partial charge < -0.3 is 15.0 Å². The maximum Gasteiger partial charge on any atom is 0.0477 e. The Hall–Kier alpha value is -0.160. The Balaban J connectivity index is 2.10. The molecule has 0 spiro atoms. The van der Waals surface area contributed by atoms with Gasteiger partial charge in [-0.05, 0) is 40.8 Å². The van der Waals surface area contributed by atoms with Gasteiger partial charge in [0.1, 0.15) is 0 Å². The molecule has 0 aromatic heterocycles. The molecule has 0 radical (unpaired) electrons. The fraction of sp³-hybridized carbons (Fsp3) is 1.00.